The third-order valence-electron chi connectivity index (χ3n) is 2.88. The Kier molecular flexibility index (Phi) is 7.38. The molecule has 0 aliphatic rings. The summed E-state index contributed by atoms with van der Waals surface area (Å²) in [7, 11) is -0.803. The minimum atomic E-state index is -3.76. The van der Waals surface area contributed by atoms with Gasteiger partial charge in [-0.25, -0.2) is 8.42 Å². The molecule has 0 bridgehead atoms. The molecule has 0 aromatic heterocycles. The highest BCUT2D eigenvalue weighted by molar-refractivity contribution is 7.92. The molecule has 3 N–H and O–H groups in total. The highest BCUT2D eigenvalue weighted by Gasteiger charge is 2.18. The van der Waals surface area contributed by atoms with E-state index >= 15 is 0 Å². The number of nitrogens with two attached hydrogens (primary N) is 1. The van der Waals surface area contributed by atoms with Crippen molar-refractivity contribution in [2.24, 2.45) is 0 Å². The molecule has 0 fully saturated rings. The SMILES string of the molecule is CCC.COc1ccc(S(=O)(=O)Nc2c(N)cccc2OC)cc1. The van der Waals surface area contributed by atoms with Crippen LogP contribution in [-0.4, -0.2) is 22.6 Å². The summed E-state index contributed by atoms with van der Waals surface area (Å²) in [5.74, 6) is 0.929. The van der Waals surface area contributed by atoms with Gasteiger partial charge in [-0.15, -0.1) is 0 Å². The van der Waals surface area contributed by atoms with Gasteiger partial charge in [0, 0.05) is 0 Å². The van der Waals surface area contributed by atoms with Crippen LogP contribution in [0.3, 0.4) is 0 Å². The van der Waals surface area contributed by atoms with E-state index in [0.717, 1.165) is 0 Å². The molecule has 0 aliphatic heterocycles. The molecule has 132 valence electrons. The zero-order valence-corrected chi connectivity index (χ0v) is 15.2. The van der Waals surface area contributed by atoms with E-state index < -0.39 is 10.0 Å². The van der Waals surface area contributed by atoms with Gasteiger partial charge >= 0.3 is 0 Å². The molecule has 2 aromatic rings. The Morgan fingerprint density at radius 2 is 1.58 bits per heavy atom. The first-order chi connectivity index (χ1) is 11.4. The summed E-state index contributed by atoms with van der Waals surface area (Å²) < 4.78 is 37.3. The van der Waals surface area contributed by atoms with Gasteiger partial charge in [0.15, 0.2) is 0 Å². The fourth-order valence-electron chi connectivity index (χ4n) is 1.78. The third kappa shape index (κ3) is 5.06. The van der Waals surface area contributed by atoms with Crippen LogP contribution in [0.4, 0.5) is 11.4 Å². The minimum Gasteiger partial charge on any atom is -0.497 e. The summed E-state index contributed by atoms with van der Waals surface area (Å²) in [6, 6.07) is 10.9. The predicted molar refractivity (Wildman–Crippen MR) is 97.2 cm³/mol. The van der Waals surface area contributed by atoms with Crippen molar-refractivity contribution in [3.63, 3.8) is 0 Å². The summed E-state index contributed by atoms with van der Waals surface area (Å²) in [5, 5.41) is 0. The number of benzene rings is 2. The lowest BCUT2D eigenvalue weighted by molar-refractivity contribution is 0.414. The smallest absolute Gasteiger partial charge is 0.262 e. The van der Waals surface area contributed by atoms with Gasteiger partial charge in [0.25, 0.3) is 10.0 Å². The summed E-state index contributed by atoms with van der Waals surface area (Å²) >= 11 is 0. The molecule has 2 aromatic carbocycles. The lowest BCUT2D eigenvalue weighted by atomic mass is 10.2. The highest BCUT2D eigenvalue weighted by Crippen LogP contribution is 2.32. The van der Waals surface area contributed by atoms with Gasteiger partial charge < -0.3 is 15.2 Å². The first-order valence-corrected chi connectivity index (χ1v) is 8.97. The Hall–Kier alpha value is -2.41. The maximum atomic E-state index is 12.4. The first-order valence-electron chi connectivity index (χ1n) is 7.48. The molecule has 6 nitrogen and oxygen atoms in total. The van der Waals surface area contributed by atoms with E-state index in [1.54, 1.807) is 30.3 Å². The fourth-order valence-corrected chi connectivity index (χ4v) is 2.88. The van der Waals surface area contributed by atoms with E-state index in [4.69, 9.17) is 15.2 Å². The van der Waals surface area contributed by atoms with Crippen molar-refractivity contribution in [2.75, 3.05) is 24.7 Å². The van der Waals surface area contributed by atoms with E-state index in [9.17, 15) is 8.42 Å². The molecule has 0 amide bonds. The number of nitrogen functional groups attached to an aromatic ring is 1. The molecule has 0 atom stereocenters. The maximum absolute atomic E-state index is 12.4. The van der Waals surface area contributed by atoms with Crippen LogP contribution in [0, 0.1) is 0 Å². The topological polar surface area (TPSA) is 90.7 Å². The lowest BCUT2D eigenvalue weighted by Crippen LogP contribution is -2.14. The predicted octanol–water partition coefficient (Wildman–Crippen LogP) is 3.50. The van der Waals surface area contributed by atoms with Gasteiger partial charge in [-0.1, -0.05) is 26.3 Å². The molecule has 0 heterocycles. The van der Waals surface area contributed by atoms with Crippen LogP contribution in [0.2, 0.25) is 0 Å². The van der Waals surface area contributed by atoms with Gasteiger partial charge in [0.2, 0.25) is 0 Å². The molecule has 0 spiro atoms. The molecule has 0 aliphatic carbocycles. The van der Waals surface area contributed by atoms with Crippen LogP contribution in [0.1, 0.15) is 20.3 Å². The summed E-state index contributed by atoms with van der Waals surface area (Å²) in [6.07, 6.45) is 1.25. The average molecular weight is 352 g/mol. The van der Waals surface area contributed by atoms with E-state index in [-0.39, 0.29) is 16.3 Å². The van der Waals surface area contributed by atoms with E-state index in [0.29, 0.717) is 11.5 Å². The Morgan fingerprint density at radius 1 is 1.00 bits per heavy atom. The molecule has 0 saturated heterocycles. The van der Waals surface area contributed by atoms with Crippen molar-refractivity contribution in [2.45, 2.75) is 25.2 Å². The van der Waals surface area contributed by atoms with Crippen LogP contribution in [-0.2, 0) is 10.0 Å². The van der Waals surface area contributed by atoms with Gasteiger partial charge in [-0.2, -0.15) is 0 Å². The molecule has 2 rings (SSSR count). The molecule has 24 heavy (non-hydrogen) atoms. The number of ether oxygens (including phenoxy) is 2. The number of methoxy groups -OCH3 is 2. The number of nitrogens with one attached hydrogen (secondary N) is 1. The van der Waals surface area contributed by atoms with Crippen molar-refractivity contribution in [3.05, 3.63) is 42.5 Å². The number of para-hydroxylation sites is 1. The number of hydrogen-bond acceptors (Lipinski definition) is 5. The second kappa shape index (κ2) is 9.02. The van der Waals surface area contributed by atoms with Crippen LogP contribution < -0.4 is 19.9 Å². The third-order valence-corrected chi connectivity index (χ3v) is 4.25. The molecule has 0 radical (unpaired) electrons. The summed E-state index contributed by atoms with van der Waals surface area (Å²) in [5.41, 5.74) is 6.30. The Morgan fingerprint density at radius 3 is 2.08 bits per heavy atom. The molecule has 7 heteroatoms. The first kappa shape index (κ1) is 19.6. The Labute approximate surface area is 143 Å². The molecule has 0 unspecified atom stereocenters. The zero-order chi connectivity index (χ0) is 18.2. The fraction of sp³-hybridized carbons (Fsp3) is 0.294. The number of anilines is 2. The Balaban J connectivity index is 0.000000891. The van der Waals surface area contributed by atoms with Crippen LogP contribution in [0.25, 0.3) is 0 Å². The van der Waals surface area contributed by atoms with Crippen molar-refractivity contribution >= 4 is 21.4 Å². The average Bonchev–Trinajstić information content (AvgIpc) is 2.57. The van der Waals surface area contributed by atoms with Crippen molar-refractivity contribution < 1.29 is 17.9 Å². The van der Waals surface area contributed by atoms with Gasteiger partial charge in [-0.3, -0.25) is 4.72 Å². The van der Waals surface area contributed by atoms with Crippen molar-refractivity contribution in [1.82, 2.24) is 0 Å². The molecule has 0 saturated carbocycles. The second-order valence-corrected chi connectivity index (χ2v) is 6.60. The largest absolute Gasteiger partial charge is 0.497 e. The Bertz CT molecular complexity index is 744. The number of hydrogen-bond donors (Lipinski definition) is 2. The van der Waals surface area contributed by atoms with Gasteiger partial charge in [0.05, 0.1) is 24.8 Å². The minimum absolute atomic E-state index is 0.105. The molecular weight excluding hydrogens is 328 g/mol. The summed E-state index contributed by atoms with van der Waals surface area (Å²) in [4.78, 5) is 0.105. The van der Waals surface area contributed by atoms with Crippen LogP contribution in [0.5, 0.6) is 11.5 Å². The van der Waals surface area contributed by atoms with E-state index in [2.05, 4.69) is 18.6 Å². The number of sulfonamides is 1. The van der Waals surface area contributed by atoms with Crippen molar-refractivity contribution in [3.8, 4) is 11.5 Å². The normalized spacial score (nSPS) is 10.3. The molecular formula is C17H24N2O4S. The standard InChI is InChI=1S/C14H16N2O4S.C3H8/c1-19-10-6-8-11(9-7-10)21(17,18)16-14-12(15)4-3-5-13(14)20-2;1-3-2/h3-9,16H,15H2,1-2H3;3H2,1-2H3. The maximum Gasteiger partial charge on any atom is 0.262 e. The number of rotatable bonds is 5. The highest BCUT2D eigenvalue weighted by atomic mass is 32.2. The summed E-state index contributed by atoms with van der Waals surface area (Å²) in [6.45, 7) is 4.25. The van der Waals surface area contributed by atoms with Crippen molar-refractivity contribution in [1.29, 1.82) is 0 Å². The lowest BCUT2D eigenvalue weighted by Gasteiger charge is -2.14. The zero-order valence-electron chi connectivity index (χ0n) is 14.4. The van der Waals surface area contributed by atoms with Crippen LogP contribution in [0.15, 0.2) is 47.4 Å². The monoisotopic (exact) mass is 352 g/mol. The second-order valence-electron chi connectivity index (χ2n) is 4.91. The van der Waals surface area contributed by atoms with E-state index in [1.807, 2.05) is 0 Å². The quantitative estimate of drug-likeness (QED) is 0.804. The van der Waals surface area contributed by atoms with Gasteiger partial charge in [0.1, 0.15) is 17.2 Å². The van der Waals surface area contributed by atoms with Crippen LogP contribution >= 0.6 is 0 Å². The van der Waals surface area contributed by atoms with Gasteiger partial charge in [-0.05, 0) is 36.4 Å². The van der Waals surface area contributed by atoms with E-state index in [1.165, 1.54) is 32.8 Å².